The summed E-state index contributed by atoms with van der Waals surface area (Å²) >= 11 is 0. The topological polar surface area (TPSA) is 37.8 Å². The third-order valence-corrected chi connectivity index (χ3v) is 2.06. The van der Waals surface area contributed by atoms with Gasteiger partial charge in [-0.05, 0) is 19.1 Å². The molecule has 1 atom stereocenters. The molecule has 2 rings (SSSR count). The van der Waals surface area contributed by atoms with E-state index >= 15 is 0 Å². The van der Waals surface area contributed by atoms with Crippen LogP contribution in [-0.2, 0) is 0 Å². The molecule has 0 amide bonds. The van der Waals surface area contributed by atoms with E-state index in [1.807, 2.05) is 31.2 Å². The highest BCUT2D eigenvalue weighted by molar-refractivity contribution is 5.75. The Morgan fingerprint density at radius 3 is 2.80 bits per heavy atom. The lowest BCUT2D eigenvalue weighted by molar-refractivity contribution is 1.01. The third kappa shape index (κ3) is 2.05. The Hall–Kier alpha value is -2.08. The van der Waals surface area contributed by atoms with Gasteiger partial charge in [0.15, 0.2) is 0 Å². The molecule has 15 heavy (non-hydrogen) atoms. The number of rotatable bonds is 2. The Labute approximate surface area is 88.6 Å². The fraction of sp³-hybridized carbons (Fsp3) is 0.167. The van der Waals surface area contributed by atoms with Crippen molar-refractivity contribution < 1.29 is 0 Å². The van der Waals surface area contributed by atoms with E-state index in [2.05, 4.69) is 21.2 Å². The zero-order valence-electron chi connectivity index (χ0n) is 8.44. The van der Waals surface area contributed by atoms with E-state index in [4.69, 9.17) is 6.42 Å². The van der Waals surface area contributed by atoms with Gasteiger partial charge in [0.05, 0.1) is 23.3 Å². The maximum Gasteiger partial charge on any atom is 0.146 e. The summed E-state index contributed by atoms with van der Waals surface area (Å²) in [5, 5.41) is 3.07. The zero-order valence-corrected chi connectivity index (χ0v) is 8.44. The van der Waals surface area contributed by atoms with Crippen LogP contribution < -0.4 is 5.32 Å². The molecular weight excluding hydrogens is 186 g/mol. The van der Waals surface area contributed by atoms with Crippen molar-refractivity contribution in [3.05, 3.63) is 30.5 Å². The molecule has 0 aliphatic carbocycles. The van der Waals surface area contributed by atoms with Crippen LogP contribution >= 0.6 is 0 Å². The molecule has 0 aliphatic heterocycles. The lowest BCUT2D eigenvalue weighted by Crippen LogP contribution is -2.13. The predicted octanol–water partition coefficient (Wildman–Crippen LogP) is 2.06. The molecule has 0 saturated carbocycles. The third-order valence-electron chi connectivity index (χ3n) is 2.06. The van der Waals surface area contributed by atoms with Crippen LogP contribution in [0.2, 0.25) is 0 Å². The van der Waals surface area contributed by atoms with Crippen molar-refractivity contribution in [2.75, 3.05) is 5.32 Å². The molecule has 0 aliphatic rings. The van der Waals surface area contributed by atoms with Gasteiger partial charge in [-0.2, -0.15) is 0 Å². The average Bonchev–Trinajstić information content (AvgIpc) is 2.29. The lowest BCUT2D eigenvalue weighted by atomic mass is 10.3. The van der Waals surface area contributed by atoms with Crippen LogP contribution in [0.25, 0.3) is 11.0 Å². The lowest BCUT2D eigenvalue weighted by Gasteiger charge is -2.07. The van der Waals surface area contributed by atoms with Gasteiger partial charge in [0.2, 0.25) is 0 Å². The highest BCUT2D eigenvalue weighted by Crippen LogP contribution is 2.11. The fourth-order valence-corrected chi connectivity index (χ4v) is 1.29. The summed E-state index contributed by atoms with van der Waals surface area (Å²) in [5.41, 5.74) is 1.75. The molecule has 0 radical (unpaired) electrons. The molecule has 3 heteroatoms. The first kappa shape index (κ1) is 9.47. The number of nitrogens with zero attached hydrogens (tertiary/aromatic N) is 2. The van der Waals surface area contributed by atoms with Crippen molar-refractivity contribution in [1.29, 1.82) is 0 Å². The summed E-state index contributed by atoms with van der Waals surface area (Å²) < 4.78 is 0. The standard InChI is InChI=1S/C12H11N3/c1-3-9(2)14-12-8-13-10-6-4-5-7-11(10)15-12/h1,4-9H,2H3,(H,14,15). The first-order chi connectivity index (χ1) is 7.29. The molecular formula is C12H11N3. The molecule has 1 aromatic heterocycles. The highest BCUT2D eigenvalue weighted by Gasteiger charge is 2.00. The number of fused-ring (bicyclic) bond motifs is 1. The van der Waals surface area contributed by atoms with E-state index in [0.29, 0.717) is 5.82 Å². The molecule has 0 bridgehead atoms. The van der Waals surface area contributed by atoms with Crippen molar-refractivity contribution >= 4 is 16.9 Å². The number of para-hydroxylation sites is 2. The number of hydrogen-bond donors (Lipinski definition) is 1. The number of benzene rings is 1. The monoisotopic (exact) mass is 197 g/mol. The quantitative estimate of drug-likeness (QED) is 0.749. The van der Waals surface area contributed by atoms with E-state index < -0.39 is 0 Å². The van der Waals surface area contributed by atoms with Crippen LogP contribution in [0.4, 0.5) is 5.82 Å². The van der Waals surface area contributed by atoms with Gasteiger partial charge < -0.3 is 5.32 Å². The number of aromatic nitrogens is 2. The predicted molar refractivity (Wildman–Crippen MR) is 61.5 cm³/mol. The van der Waals surface area contributed by atoms with Crippen LogP contribution in [0.5, 0.6) is 0 Å². The average molecular weight is 197 g/mol. The highest BCUT2D eigenvalue weighted by atomic mass is 15.0. The Kier molecular flexibility index (Phi) is 2.51. The normalized spacial score (nSPS) is 12.0. The summed E-state index contributed by atoms with van der Waals surface area (Å²) in [5.74, 6) is 3.29. The first-order valence-electron chi connectivity index (χ1n) is 4.74. The Morgan fingerprint density at radius 2 is 2.07 bits per heavy atom. The Morgan fingerprint density at radius 1 is 1.33 bits per heavy atom. The number of nitrogens with one attached hydrogen (secondary N) is 1. The molecule has 2 aromatic rings. The van der Waals surface area contributed by atoms with Crippen molar-refractivity contribution in [1.82, 2.24) is 9.97 Å². The number of hydrogen-bond acceptors (Lipinski definition) is 3. The summed E-state index contributed by atoms with van der Waals surface area (Å²) in [7, 11) is 0. The maximum absolute atomic E-state index is 5.27. The smallest absolute Gasteiger partial charge is 0.146 e. The second-order valence-corrected chi connectivity index (χ2v) is 3.28. The van der Waals surface area contributed by atoms with Gasteiger partial charge in [-0.25, -0.2) is 4.98 Å². The largest absolute Gasteiger partial charge is 0.355 e. The van der Waals surface area contributed by atoms with Crippen LogP contribution in [0, 0.1) is 12.3 Å². The van der Waals surface area contributed by atoms with Gasteiger partial charge in [0.1, 0.15) is 5.82 Å². The minimum Gasteiger partial charge on any atom is -0.355 e. The molecule has 3 nitrogen and oxygen atoms in total. The van der Waals surface area contributed by atoms with E-state index in [0.717, 1.165) is 11.0 Å². The SMILES string of the molecule is C#CC(C)Nc1cnc2ccccc2n1. The summed E-state index contributed by atoms with van der Waals surface area (Å²) in [4.78, 5) is 8.67. The molecule has 0 saturated heterocycles. The van der Waals surface area contributed by atoms with E-state index in [1.54, 1.807) is 6.20 Å². The first-order valence-corrected chi connectivity index (χ1v) is 4.74. The van der Waals surface area contributed by atoms with E-state index in [1.165, 1.54) is 0 Å². The van der Waals surface area contributed by atoms with Gasteiger partial charge in [0.25, 0.3) is 0 Å². The van der Waals surface area contributed by atoms with Gasteiger partial charge in [-0.3, -0.25) is 4.98 Å². The number of terminal acetylenes is 1. The van der Waals surface area contributed by atoms with Gasteiger partial charge in [-0.1, -0.05) is 18.1 Å². The molecule has 74 valence electrons. The van der Waals surface area contributed by atoms with Crippen molar-refractivity contribution in [2.24, 2.45) is 0 Å². The second-order valence-electron chi connectivity index (χ2n) is 3.28. The minimum atomic E-state index is -0.0412. The van der Waals surface area contributed by atoms with E-state index in [9.17, 15) is 0 Å². The van der Waals surface area contributed by atoms with Crippen molar-refractivity contribution in [3.8, 4) is 12.3 Å². The number of anilines is 1. The van der Waals surface area contributed by atoms with E-state index in [-0.39, 0.29) is 6.04 Å². The van der Waals surface area contributed by atoms with Crippen molar-refractivity contribution in [2.45, 2.75) is 13.0 Å². The van der Waals surface area contributed by atoms with Crippen molar-refractivity contribution in [3.63, 3.8) is 0 Å². The molecule has 0 spiro atoms. The Balaban J connectivity index is 2.35. The second kappa shape index (κ2) is 3.97. The molecule has 1 heterocycles. The van der Waals surface area contributed by atoms with Gasteiger partial charge in [0, 0.05) is 0 Å². The molecule has 1 N–H and O–H groups in total. The van der Waals surface area contributed by atoms with Crippen LogP contribution in [-0.4, -0.2) is 16.0 Å². The summed E-state index contributed by atoms with van der Waals surface area (Å²) in [6, 6.07) is 7.69. The van der Waals surface area contributed by atoms with Gasteiger partial charge >= 0.3 is 0 Å². The van der Waals surface area contributed by atoms with Gasteiger partial charge in [-0.15, -0.1) is 6.42 Å². The molecule has 0 fully saturated rings. The molecule has 1 unspecified atom stereocenters. The minimum absolute atomic E-state index is 0.0412. The fourth-order valence-electron chi connectivity index (χ4n) is 1.29. The zero-order chi connectivity index (χ0) is 10.7. The summed E-state index contributed by atoms with van der Waals surface area (Å²) in [6.07, 6.45) is 6.96. The maximum atomic E-state index is 5.27. The summed E-state index contributed by atoms with van der Waals surface area (Å²) in [6.45, 7) is 1.90. The van der Waals surface area contributed by atoms with Crippen LogP contribution in [0.3, 0.4) is 0 Å². The molecule has 1 aromatic carbocycles. The Bertz CT molecular complexity index is 514. The van der Waals surface area contributed by atoms with Crippen LogP contribution in [0.15, 0.2) is 30.5 Å². The van der Waals surface area contributed by atoms with Crippen LogP contribution in [0.1, 0.15) is 6.92 Å².